The Kier molecular flexibility index (Phi) is 7.62. The highest BCUT2D eigenvalue weighted by molar-refractivity contribution is 5.94. The van der Waals surface area contributed by atoms with Gasteiger partial charge in [0.1, 0.15) is 24.0 Å². The van der Waals surface area contributed by atoms with Crippen LogP contribution in [0.25, 0.3) is 0 Å². The first-order valence-electron chi connectivity index (χ1n) is 11.3. The molecule has 172 valence electrons. The van der Waals surface area contributed by atoms with E-state index in [9.17, 15) is 9.18 Å². The Bertz CT molecular complexity index is 1060. The monoisotopic (exact) mass is 448 g/mol. The van der Waals surface area contributed by atoms with Crippen molar-refractivity contribution >= 4 is 5.91 Å². The fourth-order valence-electron chi connectivity index (χ4n) is 4.07. The molecule has 7 heteroatoms. The summed E-state index contributed by atoms with van der Waals surface area (Å²) in [6.07, 6.45) is 3.73. The molecule has 0 aliphatic carbocycles. The molecule has 0 saturated carbocycles. The summed E-state index contributed by atoms with van der Waals surface area (Å²) in [5.74, 6) is 1.26. The minimum absolute atomic E-state index is 0.161. The van der Waals surface area contributed by atoms with Gasteiger partial charge in [-0.15, -0.1) is 0 Å². The van der Waals surface area contributed by atoms with Crippen LogP contribution < -0.4 is 10.1 Å². The van der Waals surface area contributed by atoms with Crippen LogP contribution in [0.3, 0.4) is 0 Å². The topological polar surface area (TPSA) is 67.3 Å². The van der Waals surface area contributed by atoms with E-state index in [1.165, 1.54) is 12.1 Å². The number of hydrogen-bond donors (Lipinski definition) is 1. The number of hydrogen-bond acceptors (Lipinski definition) is 5. The van der Waals surface area contributed by atoms with Crippen molar-refractivity contribution in [3.05, 3.63) is 89.3 Å². The maximum atomic E-state index is 13.0. The van der Waals surface area contributed by atoms with Crippen LogP contribution in [0, 0.1) is 12.7 Å². The van der Waals surface area contributed by atoms with Gasteiger partial charge < -0.3 is 10.1 Å². The third-order valence-electron chi connectivity index (χ3n) is 5.90. The van der Waals surface area contributed by atoms with Gasteiger partial charge in [0.05, 0.1) is 11.3 Å². The zero-order chi connectivity index (χ0) is 23.0. The van der Waals surface area contributed by atoms with Crippen molar-refractivity contribution < 1.29 is 13.9 Å². The molecule has 1 N–H and O–H groups in total. The number of ether oxygens (including phenoxy) is 1. The first-order chi connectivity index (χ1) is 16.1. The van der Waals surface area contributed by atoms with Crippen molar-refractivity contribution in [3.8, 4) is 5.75 Å². The molecule has 0 radical (unpaired) electrons. The molecule has 2 heterocycles. The van der Waals surface area contributed by atoms with Crippen molar-refractivity contribution in [1.29, 1.82) is 0 Å². The normalized spacial score (nSPS) is 16.4. The number of aromatic nitrogens is 2. The second-order valence-electron chi connectivity index (χ2n) is 8.34. The summed E-state index contributed by atoms with van der Waals surface area (Å²) in [6.45, 7) is 5.51. The molecular formula is C26H29FN4O2. The molecule has 3 aromatic rings. The zero-order valence-corrected chi connectivity index (χ0v) is 18.8. The molecule has 6 nitrogen and oxygen atoms in total. The predicted octanol–water partition coefficient (Wildman–Crippen LogP) is 4.11. The van der Waals surface area contributed by atoms with E-state index in [2.05, 4.69) is 20.2 Å². The number of piperidine rings is 1. The molecule has 0 spiro atoms. The number of carbonyl (C=O) groups is 1. The summed E-state index contributed by atoms with van der Waals surface area (Å²) in [5.41, 5.74) is 2.25. The molecule has 2 aromatic carbocycles. The number of likely N-dealkylation sites (tertiary alicyclic amines) is 1. The number of amides is 1. The van der Waals surface area contributed by atoms with Gasteiger partial charge in [-0.05, 0) is 56.1 Å². The van der Waals surface area contributed by atoms with E-state index in [0.717, 1.165) is 43.9 Å². The van der Waals surface area contributed by atoms with E-state index in [0.29, 0.717) is 30.2 Å². The van der Waals surface area contributed by atoms with Gasteiger partial charge >= 0.3 is 0 Å². The Balaban J connectivity index is 1.30. The molecule has 1 amide bonds. The molecule has 1 aromatic heterocycles. The number of rotatable bonds is 8. The standard InChI is InChI=1S/C26H29FN4O2/c1-19-24(26(32)29-16-20-6-3-2-4-7-20)17-28-25(30-19)21-8-5-13-31(18-21)14-15-33-23-11-9-22(27)10-12-23/h2-4,6-7,9-12,17,21H,5,8,13-16,18H2,1H3,(H,29,32). The fraction of sp³-hybridized carbons (Fsp3) is 0.346. The molecule has 4 rings (SSSR count). The molecular weight excluding hydrogens is 419 g/mol. The number of nitrogens with zero attached hydrogens (tertiary/aromatic N) is 3. The van der Waals surface area contributed by atoms with Crippen LogP contribution in [0.1, 0.15) is 46.2 Å². The number of nitrogens with one attached hydrogen (secondary N) is 1. The molecule has 1 fully saturated rings. The maximum absolute atomic E-state index is 13.0. The van der Waals surface area contributed by atoms with Crippen LogP contribution in [0.15, 0.2) is 60.8 Å². The van der Waals surface area contributed by atoms with Crippen molar-refractivity contribution in [2.75, 3.05) is 26.2 Å². The molecule has 1 saturated heterocycles. The number of aryl methyl sites for hydroxylation is 1. The number of carbonyl (C=O) groups excluding carboxylic acids is 1. The van der Waals surface area contributed by atoms with Gasteiger partial charge in [-0.25, -0.2) is 14.4 Å². The van der Waals surface area contributed by atoms with Crippen molar-refractivity contribution in [3.63, 3.8) is 0 Å². The Morgan fingerprint density at radius 2 is 1.97 bits per heavy atom. The van der Waals surface area contributed by atoms with Gasteiger partial charge in [-0.1, -0.05) is 30.3 Å². The third-order valence-corrected chi connectivity index (χ3v) is 5.90. The highest BCUT2D eigenvalue weighted by Gasteiger charge is 2.24. The summed E-state index contributed by atoms with van der Waals surface area (Å²) < 4.78 is 18.7. The molecule has 1 atom stereocenters. The Morgan fingerprint density at radius 3 is 2.73 bits per heavy atom. The van der Waals surface area contributed by atoms with Crippen LogP contribution >= 0.6 is 0 Å². The van der Waals surface area contributed by atoms with E-state index in [-0.39, 0.29) is 17.6 Å². The molecule has 0 bridgehead atoms. The van der Waals surface area contributed by atoms with Crippen LogP contribution in [0.5, 0.6) is 5.75 Å². The van der Waals surface area contributed by atoms with Gasteiger partial charge in [-0.3, -0.25) is 9.69 Å². The van der Waals surface area contributed by atoms with Crippen LogP contribution in [-0.2, 0) is 6.54 Å². The minimum atomic E-state index is -0.267. The smallest absolute Gasteiger partial charge is 0.254 e. The SMILES string of the molecule is Cc1nc(C2CCCN(CCOc3ccc(F)cc3)C2)ncc1C(=O)NCc1ccccc1. The first-order valence-corrected chi connectivity index (χ1v) is 11.3. The fourth-order valence-corrected chi connectivity index (χ4v) is 4.07. The molecule has 1 aliphatic heterocycles. The van der Waals surface area contributed by atoms with Crippen LogP contribution in [0.2, 0.25) is 0 Å². The van der Waals surface area contributed by atoms with Crippen molar-refractivity contribution in [2.24, 2.45) is 0 Å². The van der Waals surface area contributed by atoms with Gasteiger partial charge in [0, 0.05) is 31.7 Å². The van der Waals surface area contributed by atoms with Crippen molar-refractivity contribution in [1.82, 2.24) is 20.2 Å². The second kappa shape index (κ2) is 11.0. The van der Waals surface area contributed by atoms with Gasteiger partial charge in [0.15, 0.2) is 0 Å². The Labute approximate surface area is 193 Å². The summed E-state index contributed by atoms with van der Waals surface area (Å²) in [4.78, 5) is 24.2. The van der Waals surface area contributed by atoms with Gasteiger partial charge in [0.25, 0.3) is 5.91 Å². The highest BCUT2D eigenvalue weighted by Crippen LogP contribution is 2.25. The van der Waals surface area contributed by atoms with E-state index < -0.39 is 0 Å². The Morgan fingerprint density at radius 1 is 1.18 bits per heavy atom. The lowest BCUT2D eigenvalue weighted by Gasteiger charge is -2.32. The van der Waals surface area contributed by atoms with Crippen LogP contribution in [-0.4, -0.2) is 47.0 Å². The highest BCUT2D eigenvalue weighted by atomic mass is 19.1. The van der Waals surface area contributed by atoms with E-state index in [1.807, 2.05) is 37.3 Å². The predicted molar refractivity (Wildman–Crippen MR) is 125 cm³/mol. The second-order valence-corrected chi connectivity index (χ2v) is 8.34. The molecule has 1 unspecified atom stereocenters. The Hall–Kier alpha value is -3.32. The average molecular weight is 449 g/mol. The van der Waals surface area contributed by atoms with Crippen LogP contribution in [0.4, 0.5) is 4.39 Å². The lowest BCUT2D eigenvalue weighted by Crippen LogP contribution is -2.37. The first kappa shape index (κ1) is 22.9. The quantitative estimate of drug-likeness (QED) is 0.562. The summed E-state index contributed by atoms with van der Waals surface area (Å²) in [5, 5.41) is 2.94. The number of benzene rings is 2. The summed E-state index contributed by atoms with van der Waals surface area (Å²) in [6, 6.07) is 15.9. The number of halogens is 1. The largest absolute Gasteiger partial charge is 0.492 e. The van der Waals surface area contributed by atoms with E-state index in [4.69, 9.17) is 4.74 Å². The van der Waals surface area contributed by atoms with Gasteiger partial charge in [0.2, 0.25) is 0 Å². The zero-order valence-electron chi connectivity index (χ0n) is 18.8. The van der Waals surface area contributed by atoms with Crippen molar-refractivity contribution in [2.45, 2.75) is 32.2 Å². The van der Waals surface area contributed by atoms with E-state index in [1.54, 1.807) is 18.3 Å². The summed E-state index contributed by atoms with van der Waals surface area (Å²) in [7, 11) is 0. The maximum Gasteiger partial charge on any atom is 0.254 e. The lowest BCUT2D eigenvalue weighted by atomic mass is 9.97. The third kappa shape index (κ3) is 6.35. The summed E-state index contributed by atoms with van der Waals surface area (Å²) >= 11 is 0. The minimum Gasteiger partial charge on any atom is -0.492 e. The average Bonchev–Trinajstić information content (AvgIpc) is 2.84. The molecule has 33 heavy (non-hydrogen) atoms. The lowest BCUT2D eigenvalue weighted by molar-refractivity contribution is 0.0949. The molecule has 1 aliphatic rings. The van der Waals surface area contributed by atoms with E-state index >= 15 is 0 Å². The van der Waals surface area contributed by atoms with Gasteiger partial charge in [-0.2, -0.15) is 0 Å².